The Balaban J connectivity index is 1.28. The normalized spacial score (nSPS) is 20.0. The van der Waals surface area contributed by atoms with Crippen LogP contribution in [-0.4, -0.2) is 103 Å². The number of nitrogens with zero attached hydrogens (tertiary/aromatic N) is 4. The minimum Gasteiger partial charge on any atom is -0.790 e. The number of imidazole rings is 1. The lowest BCUT2D eigenvalue weighted by Gasteiger charge is -2.36. The molecule has 0 spiro atoms. The zero-order valence-corrected chi connectivity index (χ0v) is 42.4. The van der Waals surface area contributed by atoms with Crippen molar-refractivity contribution in [3.8, 4) is 0 Å². The number of aliphatic hydroxyl groups is 2. The van der Waals surface area contributed by atoms with Gasteiger partial charge in [-0.05, 0) is 6.42 Å². The van der Waals surface area contributed by atoms with Crippen LogP contribution in [0.25, 0.3) is 11.2 Å². The Kier molecular flexibility index (Phi) is 26.2. The van der Waals surface area contributed by atoms with Crippen LogP contribution in [0.2, 0.25) is 0 Å². The fourth-order valence-corrected chi connectivity index (χ4v) is 10.6. The van der Waals surface area contributed by atoms with Gasteiger partial charge in [0.05, 0.1) is 27.4 Å². The van der Waals surface area contributed by atoms with E-state index in [0.29, 0.717) is 12.2 Å². The van der Waals surface area contributed by atoms with Crippen molar-refractivity contribution >= 4 is 69.1 Å². The van der Waals surface area contributed by atoms with Gasteiger partial charge in [-0.15, -0.1) is 0 Å². The van der Waals surface area contributed by atoms with E-state index in [0.717, 1.165) is 48.2 Å². The summed E-state index contributed by atoms with van der Waals surface area (Å²) >= 11 is 1.15. The van der Waals surface area contributed by atoms with Crippen molar-refractivity contribution in [2.75, 3.05) is 37.8 Å². The standard InChI is InChI=1S/C40H72N7O17P3S/c1-4-5-6-7-8-9-10-11-12-13-14-15-16-17-18-19-20-31(49)68-24-23-42-30(48)21-22-43-38(52)35(51)40(2,3)26-61-67(58,59)64-66(56,57)60-25-29-34(63-65(53,54)55)33(50)39(62-29)47-28-46-32-36(41)44-27-45-37(32)47/h27-29,33-35,39,50-51H,4-26H2,1-3H3,(H,42,48)(H,43,52)(H,56,57)(H,58,59)(H2,41,44,45)(H2,53,54,55)/p-4/t29-,33-,34-,35+,39-/m1/s1. The molecule has 1 aliphatic rings. The summed E-state index contributed by atoms with van der Waals surface area (Å²) < 4.78 is 60.8. The van der Waals surface area contributed by atoms with Gasteiger partial charge in [0.25, 0.3) is 15.6 Å². The van der Waals surface area contributed by atoms with E-state index in [2.05, 4.69) is 50.4 Å². The quantitative estimate of drug-likeness (QED) is 0.0484. The van der Waals surface area contributed by atoms with Crippen molar-refractivity contribution in [2.24, 2.45) is 5.41 Å². The lowest BCUT2D eigenvalue weighted by molar-refractivity contribution is -0.347. The van der Waals surface area contributed by atoms with E-state index in [9.17, 15) is 57.9 Å². The maximum Gasteiger partial charge on any atom is 0.274 e. The van der Waals surface area contributed by atoms with Crippen LogP contribution in [0.3, 0.4) is 0 Å². The molecule has 1 fully saturated rings. The summed E-state index contributed by atoms with van der Waals surface area (Å²) in [4.78, 5) is 96.9. The number of aliphatic hydroxyl groups excluding tert-OH is 2. The summed E-state index contributed by atoms with van der Waals surface area (Å²) in [6, 6.07) is 0. The average Bonchev–Trinajstić information content (AvgIpc) is 3.83. The van der Waals surface area contributed by atoms with Gasteiger partial charge in [0.15, 0.2) is 22.8 Å². The van der Waals surface area contributed by atoms with Crippen molar-refractivity contribution < 1.29 is 80.5 Å². The van der Waals surface area contributed by atoms with Gasteiger partial charge in [0, 0.05) is 37.1 Å². The highest BCUT2D eigenvalue weighted by Gasteiger charge is 2.47. The number of nitrogens with two attached hydrogens (primary N) is 1. The van der Waals surface area contributed by atoms with Gasteiger partial charge in [0.1, 0.15) is 36.3 Å². The van der Waals surface area contributed by atoms with E-state index in [-0.39, 0.29) is 41.6 Å². The first kappa shape index (κ1) is 59.9. The molecule has 1 aliphatic heterocycles. The Hall–Kier alpha value is -2.44. The highest BCUT2D eigenvalue weighted by atomic mass is 32.2. The van der Waals surface area contributed by atoms with Crippen LogP contribution in [0.5, 0.6) is 0 Å². The zero-order valence-electron chi connectivity index (χ0n) is 38.9. The minimum absolute atomic E-state index is 0.0177. The van der Waals surface area contributed by atoms with Crippen LogP contribution < -0.4 is 35.9 Å². The number of thioether (sulfide) groups is 1. The zero-order chi connectivity index (χ0) is 50.4. The molecule has 2 unspecified atom stereocenters. The molecule has 3 heterocycles. The van der Waals surface area contributed by atoms with E-state index >= 15 is 0 Å². The molecule has 24 nitrogen and oxygen atoms in total. The van der Waals surface area contributed by atoms with Crippen molar-refractivity contribution in [3.63, 3.8) is 0 Å². The molecule has 390 valence electrons. The Morgan fingerprint density at radius 2 is 1.43 bits per heavy atom. The summed E-state index contributed by atoms with van der Waals surface area (Å²) in [5.74, 6) is -1.12. The van der Waals surface area contributed by atoms with E-state index in [1.54, 1.807) is 0 Å². The number of hydrogen-bond donors (Lipinski definition) is 5. The number of rotatable bonds is 36. The predicted molar refractivity (Wildman–Crippen MR) is 242 cm³/mol. The molecule has 2 amide bonds. The highest BCUT2D eigenvalue weighted by Crippen LogP contribution is 2.56. The van der Waals surface area contributed by atoms with Crippen molar-refractivity contribution in [1.82, 2.24) is 30.2 Å². The third-order valence-corrected chi connectivity index (χ3v) is 14.9. The Bertz CT molecular complexity index is 2010. The molecule has 1 saturated heterocycles. The number of fused-ring (bicyclic) bond motifs is 1. The summed E-state index contributed by atoms with van der Waals surface area (Å²) in [7, 11) is -17.6. The molecule has 0 bridgehead atoms. The topological polar surface area (TPSA) is 375 Å². The molecule has 2 aromatic rings. The SMILES string of the molecule is CCCCCCCCCCCCCCCCCCC(=O)SCCNC(=O)CCNC(=O)[C@H](O)C(C)(C)COP(=O)([O-])OP(=O)([O-])OC[C@H]1O[C@@H](n2cnc3c(N)ncnc32)[C@H](O)[C@@H]1OP(=O)([O-])[O-]. The fourth-order valence-electron chi connectivity index (χ4n) is 7.16. The summed E-state index contributed by atoms with van der Waals surface area (Å²) in [6.07, 6.45) is 13.0. The number of carbonyl (C=O) groups is 3. The van der Waals surface area contributed by atoms with Gasteiger partial charge in [-0.25, -0.2) is 19.3 Å². The average molecular weight is 1040 g/mol. The van der Waals surface area contributed by atoms with Crippen molar-refractivity contribution in [2.45, 2.75) is 167 Å². The second kappa shape index (κ2) is 29.8. The van der Waals surface area contributed by atoms with Crippen LogP contribution in [0.15, 0.2) is 12.7 Å². The number of phosphoric ester groups is 3. The maximum atomic E-state index is 12.6. The minimum atomic E-state index is -5.92. The number of amides is 2. The van der Waals surface area contributed by atoms with E-state index in [1.165, 1.54) is 97.3 Å². The molecular weight excluding hydrogens is 975 g/mol. The Morgan fingerprint density at radius 1 is 0.853 bits per heavy atom. The number of aromatic nitrogens is 4. The number of unbranched alkanes of at least 4 members (excludes halogenated alkanes) is 15. The van der Waals surface area contributed by atoms with E-state index in [1.807, 2.05) is 0 Å². The van der Waals surface area contributed by atoms with Crippen molar-refractivity contribution in [1.29, 1.82) is 0 Å². The summed E-state index contributed by atoms with van der Waals surface area (Å²) in [5, 5.41) is 26.5. The molecule has 7 atom stereocenters. The van der Waals surface area contributed by atoms with Gasteiger partial charge in [-0.2, -0.15) is 0 Å². The van der Waals surface area contributed by atoms with Crippen LogP contribution in [0.4, 0.5) is 5.82 Å². The molecular formula is C40H68N7O17P3S-4. The van der Waals surface area contributed by atoms with Crippen LogP contribution in [0.1, 0.15) is 143 Å². The van der Waals surface area contributed by atoms with Gasteiger partial charge in [-0.3, -0.25) is 28.1 Å². The molecule has 0 saturated carbocycles. The monoisotopic (exact) mass is 1040 g/mol. The van der Waals surface area contributed by atoms with Gasteiger partial charge in [-0.1, -0.05) is 129 Å². The highest BCUT2D eigenvalue weighted by molar-refractivity contribution is 8.13. The molecule has 0 aliphatic carbocycles. The van der Waals surface area contributed by atoms with Gasteiger partial charge in [0.2, 0.25) is 11.8 Å². The Morgan fingerprint density at radius 3 is 2.01 bits per heavy atom. The molecule has 28 heteroatoms. The second-order valence-corrected chi connectivity index (χ2v) is 22.5. The summed E-state index contributed by atoms with van der Waals surface area (Å²) in [5.41, 5.74) is 4.10. The predicted octanol–water partition coefficient (Wildman–Crippen LogP) is 2.79. The fraction of sp³-hybridized carbons (Fsp3) is 0.800. The largest absolute Gasteiger partial charge is 0.790 e. The first-order valence-corrected chi connectivity index (χ1v) is 28.4. The van der Waals surface area contributed by atoms with Gasteiger partial charge < -0.3 is 69.0 Å². The number of hydrogen-bond acceptors (Lipinski definition) is 22. The number of anilines is 1. The molecule has 2 aromatic heterocycles. The summed E-state index contributed by atoms with van der Waals surface area (Å²) in [6.45, 7) is 2.43. The third-order valence-electron chi connectivity index (χ3n) is 11.0. The number of nitrogens with one attached hydrogen (secondary N) is 2. The lowest BCUT2D eigenvalue weighted by atomic mass is 9.87. The number of ether oxygens (including phenoxy) is 1. The first-order chi connectivity index (χ1) is 32.1. The van der Waals surface area contributed by atoms with Gasteiger partial charge >= 0.3 is 0 Å². The molecule has 3 rings (SSSR count). The lowest BCUT2D eigenvalue weighted by Crippen LogP contribution is -2.46. The van der Waals surface area contributed by atoms with Crippen LogP contribution in [-0.2, 0) is 50.7 Å². The Labute approximate surface area is 401 Å². The second-order valence-electron chi connectivity index (χ2n) is 17.3. The van der Waals surface area contributed by atoms with E-state index in [4.69, 9.17) is 10.5 Å². The first-order valence-electron chi connectivity index (χ1n) is 23.0. The number of phosphoric acid groups is 3. The van der Waals surface area contributed by atoms with Crippen LogP contribution >= 0.6 is 35.2 Å². The smallest absolute Gasteiger partial charge is 0.274 e. The van der Waals surface area contributed by atoms with E-state index < -0.39 is 84.6 Å². The third kappa shape index (κ3) is 22.3. The maximum absolute atomic E-state index is 12.6. The molecule has 6 N–H and O–H groups in total. The molecule has 0 radical (unpaired) electrons. The molecule has 68 heavy (non-hydrogen) atoms. The number of carbonyl (C=O) groups excluding carboxylic acids is 3. The van der Waals surface area contributed by atoms with Crippen LogP contribution in [0, 0.1) is 5.41 Å². The van der Waals surface area contributed by atoms with Crippen molar-refractivity contribution in [3.05, 3.63) is 12.7 Å². The molecule has 0 aromatic carbocycles. The number of nitrogen functional groups attached to an aromatic ring is 1.